The first-order valence-corrected chi connectivity index (χ1v) is 6.12. The summed E-state index contributed by atoms with van der Waals surface area (Å²) >= 11 is 0. The van der Waals surface area contributed by atoms with E-state index in [-0.39, 0.29) is 5.56 Å². The number of amides is 1. The lowest BCUT2D eigenvalue weighted by molar-refractivity contribution is -0.150. The Kier molecular flexibility index (Phi) is 3.50. The van der Waals surface area contributed by atoms with E-state index in [0.29, 0.717) is 13.0 Å². The summed E-state index contributed by atoms with van der Waals surface area (Å²) in [5, 5.41) is 9.34. The predicted octanol–water partition coefficient (Wildman–Crippen LogP) is 1.69. The van der Waals surface area contributed by atoms with E-state index in [9.17, 15) is 19.1 Å². The number of hydrogen-bond acceptors (Lipinski definition) is 3. The fourth-order valence-electron chi connectivity index (χ4n) is 2.36. The monoisotopic (exact) mass is 266 g/mol. The van der Waals surface area contributed by atoms with Gasteiger partial charge in [0.1, 0.15) is 5.54 Å². The van der Waals surface area contributed by atoms with Crippen LogP contribution in [0.2, 0.25) is 0 Å². The number of aliphatic carboxylic acids is 1. The maximum atomic E-state index is 13.0. The quantitative estimate of drug-likeness (QED) is 0.827. The minimum Gasteiger partial charge on any atom is -0.480 e. The van der Waals surface area contributed by atoms with Gasteiger partial charge >= 0.3 is 5.97 Å². The first-order chi connectivity index (χ1) is 8.95. The van der Waals surface area contributed by atoms with Crippen molar-refractivity contribution in [2.24, 2.45) is 0 Å². The van der Waals surface area contributed by atoms with Gasteiger partial charge in [-0.1, -0.05) is 0 Å². The molecule has 0 saturated carbocycles. The molecule has 1 aromatic heterocycles. The lowest BCUT2D eigenvalue weighted by atomic mass is 9.88. The highest BCUT2D eigenvalue weighted by Crippen LogP contribution is 2.29. The lowest BCUT2D eigenvalue weighted by Gasteiger charge is -2.41. The molecule has 0 spiro atoms. The van der Waals surface area contributed by atoms with Gasteiger partial charge in [-0.2, -0.15) is 4.39 Å². The van der Waals surface area contributed by atoms with E-state index in [1.54, 1.807) is 0 Å². The first-order valence-electron chi connectivity index (χ1n) is 6.12. The molecule has 1 amide bonds. The molecule has 19 heavy (non-hydrogen) atoms. The standard InChI is InChI=1S/C13H15FN2O3/c1-13(12(18)19)5-2-3-7-16(13)11(17)9-4-6-15-10(14)8-9/h4,6,8H,2-3,5,7H2,1H3,(H,18,19). The van der Waals surface area contributed by atoms with E-state index >= 15 is 0 Å². The van der Waals surface area contributed by atoms with Crippen LogP contribution in [0.4, 0.5) is 4.39 Å². The molecule has 2 rings (SSSR count). The van der Waals surface area contributed by atoms with Crippen LogP contribution >= 0.6 is 0 Å². The maximum Gasteiger partial charge on any atom is 0.329 e. The Morgan fingerprint density at radius 1 is 1.47 bits per heavy atom. The van der Waals surface area contributed by atoms with E-state index in [4.69, 9.17) is 0 Å². The smallest absolute Gasteiger partial charge is 0.329 e. The molecule has 1 fully saturated rings. The summed E-state index contributed by atoms with van der Waals surface area (Å²) in [6.07, 6.45) is 3.12. The molecule has 1 saturated heterocycles. The van der Waals surface area contributed by atoms with Crippen molar-refractivity contribution in [1.82, 2.24) is 9.88 Å². The summed E-state index contributed by atoms with van der Waals surface area (Å²) in [6.45, 7) is 1.90. The van der Waals surface area contributed by atoms with Gasteiger partial charge in [-0.15, -0.1) is 0 Å². The van der Waals surface area contributed by atoms with Gasteiger partial charge in [-0.05, 0) is 32.3 Å². The van der Waals surface area contributed by atoms with Crippen molar-refractivity contribution in [3.8, 4) is 0 Å². The first kappa shape index (κ1) is 13.5. The van der Waals surface area contributed by atoms with Crippen LogP contribution in [0.15, 0.2) is 18.3 Å². The van der Waals surface area contributed by atoms with Gasteiger partial charge in [0, 0.05) is 24.4 Å². The van der Waals surface area contributed by atoms with Crippen LogP contribution in [0.25, 0.3) is 0 Å². The largest absolute Gasteiger partial charge is 0.480 e. The molecular formula is C13H15FN2O3. The number of nitrogens with zero attached hydrogens (tertiary/aromatic N) is 2. The third-order valence-electron chi connectivity index (χ3n) is 3.57. The van der Waals surface area contributed by atoms with E-state index in [2.05, 4.69) is 4.98 Å². The predicted molar refractivity (Wildman–Crippen MR) is 65.1 cm³/mol. The van der Waals surface area contributed by atoms with Crippen LogP contribution in [0.1, 0.15) is 36.5 Å². The van der Waals surface area contributed by atoms with Gasteiger partial charge in [-0.25, -0.2) is 9.78 Å². The molecule has 1 aliphatic rings. The molecule has 1 aromatic rings. The van der Waals surface area contributed by atoms with Crippen molar-refractivity contribution in [1.29, 1.82) is 0 Å². The summed E-state index contributed by atoms with van der Waals surface area (Å²) < 4.78 is 13.0. The van der Waals surface area contributed by atoms with Crippen molar-refractivity contribution in [2.45, 2.75) is 31.7 Å². The Hall–Kier alpha value is -1.98. The van der Waals surface area contributed by atoms with Crippen LogP contribution in [-0.4, -0.2) is 39.0 Å². The molecule has 2 heterocycles. The van der Waals surface area contributed by atoms with Crippen molar-refractivity contribution in [3.63, 3.8) is 0 Å². The summed E-state index contributed by atoms with van der Waals surface area (Å²) in [4.78, 5) is 28.4. The van der Waals surface area contributed by atoms with Crippen LogP contribution in [0.3, 0.4) is 0 Å². The zero-order valence-corrected chi connectivity index (χ0v) is 10.6. The molecule has 0 aromatic carbocycles. The van der Waals surface area contributed by atoms with E-state index in [1.165, 1.54) is 24.1 Å². The SMILES string of the molecule is CC1(C(=O)O)CCCCN1C(=O)c1ccnc(F)c1. The van der Waals surface area contributed by atoms with Crippen LogP contribution in [0.5, 0.6) is 0 Å². The molecular weight excluding hydrogens is 251 g/mol. The number of hydrogen-bond donors (Lipinski definition) is 1. The summed E-state index contributed by atoms with van der Waals surface area (Å²) in [6, 6.07) is 2.42. The normalized spacial score (nSPS) is 23.2. The van der Waals surface area contributed by atoms with Crippen molar-refractivity contribution >= 4 is 11.9 Å². The Morgan fingerprint density at radius 2 is 2.21 bits per heavy atom. The fourth-order valence-corrected chi connectivity index (χ4v) is 2.36. The average molecular weight is 266 g/mol. The van der Waals surface area contributed by atoms with Gasteiger partial charge in [0.25, 0.3) is 5.91 Å². The van der Waals surface area contributed by atoms with Gasteiger partial charge in [0.05, 0.1) is 0 Å². The summed E-state index contributed by atoms with van der Waals surface area (Å²) in [5.41, 5.74) is -1.10. The number of likely N-dealkylation sites (tertiary alicyclic amines) is 1. The molecule has 0 aliphatic carbocycles. The van der Waals surface area contributed by atoms with Crippen molar-refractivity contribution in [2.75, 3.05) is 6.54 Å². The molecule has 1 aliphatic heterocycles. The minimum atomic E-state index is -1.23. The Balaban J connectivity index is 2.33. The number of piperidine rings is 1. The lowest BCUT2D eigenvalue weighted by Crippen LogP contribution is -2.57. The molecule has 1 unspecified atom stereocenters. The van der Waals surface area contributed by atoms with Gasteiger partial charge in [0.2, 0.25) is 5.95 Å². The Labute approximate surface area is 110 Å². The number of rotatable bonds is 2. The van der Waals surface area contributed by atoms with E-state index in [1.807, 2.05) is 0 Å². The number of halogens is 1. The third kappa shape index (κ3) is 2.43. The Bertz CT molecular complexity index is 520. The molecule has 0 radical (unpaired) electrons. The molecule has 6 heteroatoms. The van der Waals surface area contributed by atoms with E-state index < -0.39 is 23.4 Å². The maximum absolute atomic E-state index is 13.0. The fraction of sp³-hybridized carbons (Fsp3) is 0.462. The number of carboxylic acid groups (broad SMARTS) is 1. The highest BCUT2D eigenvalue weighted by Gasteiger charge is 2.44. The molecule has 1 N–H and O–H groups in total. The minimum absolute atomic E-state index is 0.127. The number of carbonyl (C=O) groups is 2. The second-order valence-corrected chi connectivity index (χ2v) is 4.86. The van der Waals surface area contributed by atoms with Crippen LogP contribution in [-0.2, 0) is 4.79 Å². The number of carboxylic acids is 1. The number of aromatic nitrogens is 1. The highest BCUT2D eigenvalue weighted by molar-refractivity contribution is 5.97. The zero-order valence-electron chi connectivity index (χ0n) is 10.6. The second-order valence-electron chi connectivity index (χ2n) is 4.86. The second kappa shape index (κ2) is 4.95. The zero-order chi connectivity index (χ0) is 14.0. The van der Waals surface area contributed by atoms with E-state index in [0.717, 1.165) is 18.9 Å². The van der Waals surface area contributed by atoms with Crippen LogP contribution < -0.4 is 0 Å². The van der Waals surface area contributed by atoms with Crippen molar-refractivity contribution in [3.05, 3.63) is 29.8 Å². The molecule has 5 nitrogen and oxygen atoms in total. The topological polar surface area (TPSA) is 70.5 Å². The van der Waals surface area contributed by atoms with Gasteiger partial charge < -0.3 is 10.0 Å². The Morgan fingerprint density at radius 3 is 2.84 bits per heavy atom. The summed E-state index contributed by atoms with van der Waals surface area (Å²) in [7, 11) is 0. The van der Waals surface area contributed by atoms with Crippen LogP contribution in [0, 0.1) is 5.95 Å². The number of pyridine rings is 1. The molecule has 0 bridgehead atoms. The number of carbonyl (C=O) groups excluding carboxylic acids is 1. The average Bonchev–Trinajstić information content (AvgIpc) is 2.38. The van der Waals surface area contributed by atoms with Gasteiger partial charge in [-0.3, -0.25) is 4.79 Å². The molecule has 102 valence electrons. The van der Waals surface area contributed by atoms with Gasteiger partial charge in [0.15, 0.2) is 0 Å². The third-order valence-corrected chi connectivity index (χ3v) is 3.57. The summed E-state index contributed by atoms with van der Waals surface area (Å²) in [5.74, 6) is -2.25. The highest BCUT2D eigenvalue weighted by atomic mass is 19.1. The van der Waals surface area contributed by atoms with Crippen molar-refractivity contribution < 1.29 is 19.1 Å². The molecule has 1 atom stereocenters.